The third-order valence-electron chi connectivity index (χ3n) is 3.58. The Hall–Kier alpha value is -2.89. The van der Waals surface area contributed by atoms with E-state index < -0.39 is 0 Å². The molecule has 2 aromatic rings. The second kappa shape index (κ2) is 10.1. The Bertz CT molecular complexity index is 700. The van der Waals surface area contributed by atoms with E-state index in [4.69, 9.17) is 0 Å². The van der Waals surface area contributed by atoms with Crippen LogP contribution >= 0.6 is 0 Å². The fraction of sp³-hybridized carbons (Fsp3) is 0.316. The summed E-state index contributed by atoms with van der Waals surface area (Å²) in [5.74, 6) is 0.662. The lowest BCUT2D eigenvalue weighted by Gasteiger charge is -2.11. The molecule has 1 amide bonds. The molecule has 0 atom stereocenters. The second-order valence-corrected chi connectivity index (χ2v) is 5.47. The van der Waals surface area contributed by atoms with Crippen LogP contribution in [0.5, 0.6) is 0 Å². The number of guanidine groups is 1. The van der Waals surface area contributed by atoms with E-state index in [0.717, 1.165) is 36.7 Å². The third kappa shape index (κ3) is 6.25. The molecule has 0 aliphatic heterocycles. The van der Waals surface area contributed by atoms with Crippen LogP contribution in [0.1, 0.15) is 28.5 Å². The molecule has 25 heavy (non-hydrogen) atoms. The van der Waals surface area contributed by atoms with E-state index in [0.29, 0.717) is 12.1 Å². The van der Waals surface area contributed by atoms with Crippen molar-refractivity contribution in [2.24, 2.45) is 4.99 Å². The molecule has 0 fully saturated rings. The molecule has 0 saturated heterocycles. The van der Waals surface area contributed by atoms with E-state index in [9.17, 15) is 4.79 Å². The summed E-state index contributed by atoms with van der Waals surface area (Å²) in [5, 5.41) is 9.17. The van der Waals surface area contributed by atoms with Gasteiger partial charge in [-0.25, -0.2) is 4.99 Å². The summed E-state index contributed by atoms with van der Waals surface area (Å²) < 4.78 is 0. The highest BCUT2D eigenvalue weighted by Gasteiger charge is 2.04. The molecule has 132 valence electrons. The van der Waals surface area contributed by atoms with Gasteiger partial charge >= 0.3 is 0 Å². The van der Waals surface area contributed by atoms with Gasteiger partial charge in [0.2, 0.25) is 0 Å². The van der Waals surface area contributed by atoms with Gasteiger partial charge in [0.1, 0.15) is 0 Å². The normalized spacial score (nSPS) is 11.0. The van der Waals surface area contributed by atoms with Gasteiger partial charge in [0.25, 0.3) is 5.91 Å². The van der Waals surface area contributed by atoms with Gasteiger partial charge in [0, 0.05) is 44.0 Å². The molecule has 2 rings (SSSR count). The standard InChI is InChI=1S/C19H25N5O/c1-3-21-19(23-12-10-17-9-4-5-11-22-17)24-14-15-7-6-8-16(13-15)18(25)20-2/h4-9,11,13H,3,10,12,14H2,1-2H3,(H,20,25)(H2,21,23,24). The van der Waals surface area contributed by atoms with E-state index in [1.54, 1.807) is 19.3 Å². The summed E-state index contributed by atoms with van der Waals surface area (Å²) in [4.78, 5) is 20.6. The topological polar surface area (TPSA) is 78.4 Å². The van der Waals surface area contributed by atoms with Gasteiger partial charge in [-0.05, 0) is 36.8 Å². The van der Waals surface area contributed by atoms with Crippen molar-refractivity contribution in [3.63, 3.8) is 0 Å². The van der Waals surface area contributed by atoms with Gasteiger partial charge in [0.15, 0.2) is 5.96 Å². The summed E-state index contributed by atoms with van der Waals surface area (Å²) in [5.41, 5.74) is 2.68. The SMILES string of the molecule is CCNC(=NCc1cccc(C(=O)NC)c1)NCCc1ccccn1. The summed E-state index contributed by atoms with van der Waals surface area (Å²) in [6.45, 7) is 4.07. The maximum Gasteiger partial charge on any atom is 0.251 e. The first-order valence-corrected chi connectivity index (χ1v) is 8.46. The average molecular weight is 339 g/mol. The van der Waals surface area contributed by atoms with Crippen LogP contribution in [-0.4, -0.2) is 37.0 Å². The molecule has 1 aromatic heterocycles. The average Bonchev–Trinajstić information content (AvgIpc) is 2.66. The highest BCUT2D eigenvalue weighted by atomic mass is 16.1. The molecule has 6 nitrogen and oxygen atoms in total. The number of rotatable bonds is 7. The first-order chi connectivity index (χ1) is 12.2. The predicted molar refractivity (Wildman–Crippen MR) is 101 cm³/mol. The Kier molecular flexibility index (Phi) is 7.43. The molecular weight excluding hydrogens is 314 g/mol. The van der Waals surface area contributed by atoms with Crippen LogP contribution in [-0.2, 0) is 13.0 Å². The number of nitrogens with zero attached hydrogens (tertiary/aromatic N) is 2. The van der Waals surface area contributed by atoms with Crippen LogP contribution < -0.4 is 16.0 Å². The number of aliphatic imine (C=N–C) groups is 1. The van der Waals surface area contributed by atoms with Crippen molar-refractivity contribution in [3.05, 3.63) is 65.5 Å². The molecule has 1 aromatic carbocycles. The van der Waals surface area contributed by atoms with Crippen LogP contribution in [0, 0.1) is 0 Å². The molecule has 0 saturated carbocycles. The van der Waals surface area contributed by atoms with Gasteiger partial charge in [-0.1, -0.05) is 18.2 Å². The summed E-state index contributed by atoms with van der Waals surface area (Å²) in [6, 6.07) is 13.4. The van der Waals surface area contributed by atoms with Crippen LogP contribution in [0.15, 0.2) is 53.7 Å². The minimum atomic E-state index is -0.0915. The third-order valence-corrected chi connectivity index (χ3v) is 3.58. The number of amides is 1. The first kappa shape index (κ1) is 18.4. The molecule has 0 radical (unpaired) electrons. The minimum absolute atomic E-state index is 0.0915. The predicted octanol–water partition coefficient (Wildman–Crippen LogP) is 1.74. The number of hydrogen-bond acceptors (Lipinski definition) is 3. The maximum atomic E-state index is 11.7. The van der Waals surface area contributed by atoms with Crippen LogP contribution in [0.4, 0.5) is 0 Å². The highest BCUT2D eigenvalue weighted by Crippen LogP contribution is 2.06. The zero-order valence-corrected chi connectivity index (χ0v) is 14.7. The number of carbonyl (C=O) groups excluding carboxylic acids is 1. The Morgan fingerprint density at radius 3 is 2.76 bits per heavy atom. The maximum absolute atomic E-state index is 11.7. The number of benzene rings is 1. The van der Waals surface area contributed by atoms with Crippen molar-refractivity contribution in [3.8, 4) is 0 Å². The van der Waals surface area contributed by atoms with Crippen molar-refractivity contribution < 1.29 is 4.79 Å². The van der Waals surface area contributed by atoms with Gasteiger partial charge in [-0.15, -0.1) is 0 Å². The zero-order chi connectivity index (χ0) is 17.9. The number of hydrogen-bond donors (Lipinski definition) is 3. The van der Waals surface area contributed by atoms with E-state index in [-0.39, 0.29) is 5.91 Å². The van der Waals surface area contributed by atoms with Crippen molar-refractivity contribution >= 4 is 11.9 Å². The Morgan fingerprint density at radius 1 is 1.16 bits per heavy atom. The van der Waals surface area contributed by atoms with Crippen LogP contribution in [0.3, 0.4) is 0 Å². The monoisotopic (exact) mass is 339 g/mol. The van der Waals surface area contributed by atoms with Crippen molar-refractivity contribution in [2.45, 2.75) is 19.9 Å². The zero-order valence-electron chi connectivity index (χ0n) is 14.7. The minimum Gasteiger partial charge on any atom is -0.357 e. The largest absolute Gasteiger partial charge is 0.357 e. The van der Waals surface area contributed by atoms with Crippen molar-refractivity contribution in [1.29, 1.82) is 0 Å². The lowest BCUT2D eigenvalue weighted by atomic mass is 10.1. The number of aromatic nitrogens is 1. The first-order valence-electron chi connectivity index (χ1n) is 8.46. The second-order valence-electron chi connectivity index (χ2n) is 5.47. The molecule has 0 bridgehead atoms. The summed E-state index contributed by atoms with van der Waals surface area (Å²) in [6.07, 6.45) is 2.63. The summed E-state index contributed by atoms with van der Waals surface area (Å²) >= 11 is 0. The lowest BCUT2D eigenvalue weighted by molar-refractivity contribution is 0.0963. The molecule has 0 aliphatic rings. The smallest absolute Gasteiger partial charge is 0.251 e. The fourth-order valence-corrected chi connectivity index (χ4v) is 2.32. The quantitative estimate of drug-likeness (QED) is 0.530. The van der Waals surface area contributed by atoms with E-state index in [2.05, 4.69) is 25.9 Å². The number of pyridine rings is 1. The highest BCUT2D eigenvalue weighted by molar-refractivity contribution is 5.94. The van der Waals surface area contributed by atoms with Gasteiger partial charge in [-0.2, -0.15) is 0 Å². The molecule has 3 N–H and O–H groups in total. The lowest BCUT2D eigenvalue weighted by Crippen LogP contribution is -2.38. The molecule has 0 unspecified atom stereocenters. The van der Waals surface area contributed by atoms with Gasteiger partial charge in [0.05, 0.1) is 6.54 Å². The van der Waals surface area contributed by atoms with Gasteiger partial charge < -0.3 is 16.0 Å². The molecule has 0 spiro atoms. The van der Waals surface area contributed by atoms with E-state index >= 15 is 0 Å². The Labute approximate surface area is 148 Å². The van der Waals surface area contributed by atoms with Crippen molar-refractivity contribution in [1.82, 2.24) is 20.9 Å². The molecule has 1 heterocycles. The van der Waals surface area contributed by atoms with Crippen LogP contribution in [0.2, 0.25) is 0 Å². The van der Waals surface area contributed by atoms with Gasteiger partial charge in [-0.3, -0.25) is 9.78 Å². The Balaban J connectivity index is 1.93. The van der Waals surface area contributed by atoms with E-state index in [1.165, 1.54) is 0 Å². The van der Waals surface area contributed by atoms with Crippen molar-refractivity contribution in [2.75, 3.05) is 20.1 Å². The van der Waals surface area contributed by atoms with E-state index in [1.807, 2.05) is 43.3 Å². The number of nitrogens with one attached hydrogen (secondary N) is 3. The summed E-state index contributed by atoms with van der Waals surface area (Å²) in [7, 11) is 1.63. The molecule has 0 aliphatic carbocycles. The Morgan fingerprint density at radius 2 is 2.04 bits per heavy atom. The van der Waals surface area contributed by atoms with Crippen LogP contribution in [0.25, 0.3) is 0 Å². The fourth-order valence-electron chi connectivity index (χ4n) is 2.32. The molecular formula is C19H25N5O. The number of carbonyl (C=O) groups is 1. The molecule has 6 heteroatoms.